The van der Waals surface area contributed by atoms with E-state index in [1.807, 2.05) is 18.2 Å². The summed E-state index contributed by atoms with van der Waals surface area (Å²) in [6.45, 7) is 1.76. The summed E-state index contributed by atoms with van der Waals surface area (Å²) < 4.78 is 16.8. The molecule has 0 bridgehead atoms. The Labute approximate surface area is 138 Å². The number of hydrogen-bond donors (Lipinski definition) is 1. The van der Waals surface area contributed by atoms with Crippen LogP contribution >= 0.6 is 0 Å². The second kappa shape index (κ2) is 6.67. The number of hydrogen-bond acceptors (Lipinski definition) is 5. The molecule has 3 atom stereocenters. The Hall–Kier alpha value is -1.30. The van der Waals surface area contributed by atoms with Crippen molar-refractivity contribution in [2.75, 3.05) is 27.9 Å². The standard InChI is InChI=1S/C18H27NO4/c1-21-15-4-5-16(22-2)13(10-15)12-19-9-8-18(23-3)7-6-14(20)11-17(18)19/h4-5,10,14,17,20H,6-9,11-12H2,1-3H3/t14?,17?,18-/m1/s1. The minimum Gasteiger partial charge on any atom is -0.497 e. The summed E-state index contributed by atoms with van der Waals surface area (Å²) in [7, 11) is 5.17. The number of likely N-dealkylation sites (tertiary alicyclic amines) is 1. The first-order valence-corrected chi connectivity index (χ1v) is 8.30. The second-order valence-corrected chi connectivity index (χ2v) is 6.61. The van der Waals surface area contributed by atoms with E-state index in [0.717, 1.165) is 55.8 Å². The molecule has 1 saturated carbocycles. The van der Waals surface area contributed by atoms with Crippen molar-refractivity contribution in [1.29, 1.82) is 0 Å². The van der Waals surface area contributed by atoms with Crippen LogP contribution in [0.4, 0.5) is 0 Å². The van der Waals surface area contributed by atoms with E-state index in [2.05, 4.69) is 4.90 Å². The van der Waals surface area contributed by atoms with Gasteiger partial charge in [0.2, 0.25) is 0 Å². The van der Waals surface area contributed by atoms with E-state index in [1.165, 1.54) is 0 Å². The Kier molecular flexibility index (Phi) is 4.80. The van der Waals surface area contributed by atoms with Crippen molar-refractivity contribution in [2.24, 2.45) is 0 Å². The van der Waals surface area contributed by atoms with Crippen molar-refractivity contribution in [2.45, 2.75) is 50.0 Å². The van der Waals surface area contributed by atoms with Crippen LogP contribution in [0.25, 0.3) is 0 Å². The topological polar surface area (TPSA) is 51.2 Å². The Balaban J connectivity index is 1.83. The van der Waals surface area contributed by atoms with E-state index in [0.29, 0.717) is 0 Å². The van der Waals surface area contributed by atoms with E-state index in [-0.39, 0.29) is 17.7 Å². The summed E-state index contributed by atoms with van der Waals surface area (Å²) >= 11 is 0. The predicted octanol–water partition coefficient (Wildman–Crippen LogP) is 2.21. The molecule has 0 radical (unpaired) electrons. The summed E-state index contributed by atoms with van der Waals surface area (Å²) in [5.41, 5.74) is 1.00. The lowest BCUT2D eigenvalue weighted by Gasteiger charge is -2.42. The van der Waals surface area contributed by atoms with Crippen molar-refractivity contribution in [3.05, 3.63) is 23.8 Å². The van der Waals surface area contributed by atoms with Gasteiger partial charge in [-0.1, -0.05) is 0 Å². The highest BCUT2D eigenvalue weighted by Crippen LogP contribution is 2.43. The van der Waals surface area contributed by atoms with Gasteiger partial charge in [-0.25, -0.2) is 0 Å². The maximum Gasteiger partial charge on any atom is 0.123 e. The molecule has 1 saturated heterocycles. The SMILES string of the molecule is COc1ccc(OC)c(CN2CC[C@]3(OC)CCC(O)CC23)c1. The molecule has 23 heavy (non-hydrogen) atoms. The molecule has 1 aromatic rings. The van der Waals surface area contributed by atoms with Gasteiger partial charge in [-0.15, -0.1) is 0 Å². The average Bonchev–Trinajstić information content (AvgIpc) is 2.93. The van der Waals surface area contributed by atoms with Gasteiger partial charge in [0.25, 0.3) is 0 Å². The minimum atomic E-state index is -0.226. The highest BCUT2D eigenvalue weighted by molar-refractivity contribution is 5.40. The first-order chi connectivity index (χ1) is 11.1. The monoisotopic (exact) mass is 321 g/mol. The Morgan fingerprint density at radius 2 is 2.04 bits per heavy atom. The predicted molar refractivity (Wildman–Crippen MR) is 88.0 cm³/mol. The van der Waals surface area contributed by atoms with Crippen LogP contribution in [0.15, 0.2) is 18.2 Å². The van der Waals surface area contributed by atoms with Crippen molar-refractivity contribution in [1.82, 2.24) is 4.90 Å². The molecule has 3 rings (SSSR count). The molecule has 1 N–H and O–H groups in total. The van der Waals surface area contributed by atoms with Gasteiger partial charge >= 0.3 is 0 Å². The fraction of sp³-hybridized carbons (Fsp3) is 0.667. The number of aliphatic hydroxyl groups excluding tert-OH is 1. The summed E-state index contributed by atoms with van der Waals surface area (Å²) in [5.74, 6) is 1.71. The third-order valence-electron chi connectivity index (χ3n) is 5.53. The molecule has 2 fully saturated rings. The number of benzene rings is 1. The molecule has 1 heterocycles. The van der Waals surface area contributed by atoms with Gasteiger partial charge in [0.15, 0.2) is 0 Å². The number of methoxy groups -OCH3 is 3. The number of ether oxygens (including phenoxy) is 3. The first-order valence-electron chi connectivity index (χ1n) is 8.30. The molecule has 0 aromatic heterocycles. The van der Waals surface area contributed by atoms with Gasteiger partial charge in [-0.2, -0.15) is 0 Å². The van der Waals surface area contributed by atoms with Crippen molar-refractivity contribution >= 4 is 0 Å². The maximum atomic E-state index is 10.1. The van der Waals surface area contributed by atoms with Crippen LogP contribution in [0.5, 0.6) is 11.5 Å². The molecule has 5 heteroatoms. The molecular formula is C18H27NO4. The quantitative estimate of drug-likeness (QED) is 0.901. The minimum absolute atomic E-state index is 0.106. The smallest absolute Gasteiger partial charge is 0.123 e. The second-order valence-electron chi connectivity index (χ2n) is 6.61. The summed E-state index contributed by atoms with van der Waals surface area (Å²) in [6.07, 6.45) is 3.34. The van der Waals surface area contributed by atoms with Crippen molar-refractivity contribution in [3.8, 4) is 11.5 Å². The highest BCUT2D eigenvalue weighted by atomic mass is 16.5. The Bertz CT molecular complexity index is 550. The fourth-order valence-electron chi connectivity index (χ4n) is 4.18. The molecule has 1 aromatic carbocycles. The first kappa shape index (κ1) is 16.6. The van der Waals surface area contributed by atoms with Crippen LogP contribution < -0.4 is 9.47 Å². The highest BCUT2D eigenvalue weighted by Gasteiger charge is 2.50. The molecule has 5 nitrogen and oxygen atoms in total. The zero-order chi connectivity index (χ0) is 16.4. The van der Waals surface area contributed by atoms with Gasteiger partial charge in [0.05, 0.1) is 25.9 Å². The Morgan fingerprint density at radius 3 is 2.74 bits per heavy atom. The summed E-state index contributed by atoms with van der Waals surface area (Å²) in [6, 6.07) is 6.15. The molecule has 2 unspecified atom stereocenters. The number of fused-ring (bicyclic) bond motifs is 1. The number of rotatable bonds is 5. The molecule has 1 aliphatic carbocycles. The van der Waals surface area contributed by atoms with E-state index in [4.69, 9.17) is 14.2 Å². The van der Waals surface area contributed by atoms with E-state index >= 15 is 0 Å². The third-order valence-corrected chi connectivity index (χ3v) is 5.53. The normalized spacial score (nSPS) is 31.0. The summed E-state index contributed by atoms with van der Waals surface area (Å²) in [5, 5.41) is 10.1. The third kappa shape index (κ3) is 3.05. The summed E-state index contributed by atoms with van der Waals surface area (Å²) in [4.78, 5) is 2.42. The maximum absolute atomic E-state index is 10.1. The molecule has 2 aliphatic rings. The molecule has 0 spiro atoms. The van der Waals surface area contributed by atoms with Gasteiger partial charge in [-0.3, -0.25) is 4.90 Å². The number of nitrogens with zero attached hydrogens (tertiary/aromatic N) is 1. The van der Waals surface area contributed by atoms with Gasteiger partial charge in [0.1, 0.15) is 11.5 Å². The van der Waals surface area contributed by atoms with Crippen LogP contribution in [0.1, 0.15) is 31.2 Å². The molecule has 128 valence electrons. The van der Waals surface area contributed by atoms with E-state index < -0.39 is 0 Å². The van der Waals surface area contributed by atoms with Gasteiger partial charge in [-0.05, 0) is 43.9 Å². The van der Waals surface area contributed by atoms with Crippen LogP contribution in [-0.4, -0.2) is 55.6 Å². The van der Waals surface area contributed by atoms with Crippen LogP contribution in [0.3, 0.4) is 0 Å². The average molecular weight is 321 g/mol. The Morgan fingerprint density at radius 1 is 1.22 bits per heavy atom. The zero-order valence-electron chi connectivity index (χ0n) is 14.2. The van der Waals surface area contributed by atoms with Crippen LogP contribution in [0.2, 0.25) is 0 Å². The molecule has 1 aliphatic heterocycles. The lowest BCUT2D eigenvalue weighted by molar-refractivity contribution is -0.0880. The lowest BCUT2D eigenvalue weighted by atomic mass is 9.79. The largest absolute Gasteiger partial charge is 0.497 e. The van der Waals surface area contributed by atoms with Crippen molar-refractivity contribution < 1.29 is 19.3 Å². The lowest BCUT2D eigenvalue weighted by Crippen LogP contribution is -2.51. The van der Waals surface area contributed by atoms with Crippen molar-refractivity contribution in [3.63, 3.8) is 0 Å². The molecular weight excluding hydrogens is 294 g/mol. The molecule has 0 amide bonds. The van der Waals surface area contributed by atoms with E-state index in [9.17, 15) is 5.11 Å². The van der Waals surface area contributed by atoms with Crippen LogP contribution in [0, 0.1) is 0 Å². The van der Waals surface area contributed by atoms with Gasteiger partial charge < -0.3 is 19.3 Å². The number of aliphatic hydroxyl groups is 1. The van der Waals surface area contributed by atoms with E-state index in [1.54, 1.807) is 21.3 Å². The fourth-order valence-corrected chi connectivity index (χ4v) is 4.18. The van der Waals surface area contributed by atoms with Gasteiger partial charge in [0, 0.05) is 31.8 Å². The zero-order valence-corrected chi connectivity index (χ0v) is 14.2. The van der Waals surface area contributed by atoms with Crippen LogP contribution in [-0.2, 0) is 11.3 Å².